The molecule has 0 heterocycles. The van der Waals surface area contributed by atoms with Gasteiger partial charge in [0.05, 0.1) is 0 Å². The van der Waals surface area contributed by atoms with E-state index in [1.807, 2.05) is 26.8 Å². The molecule has 2 N–H and O–H groups in total. The van der Waals surface area contributed by atoms with Gasteiger partial charge in [0.1, 0.15) is 5.83 Å². The molecule has 0 bridgehead atoms. The van der Waals surface area contributed by atoms with Crippen molar-refractivity contribution in [2.45, 2.75) is 32.7 Å². The summed E-state index contributed by atoms with van der Waals surface area (Å²) in [5.74, 6) is -0.202. The van der Waals surface area contributed by atoms with Gasteiger partial charge in [0.15, 0.2) is 0 Å². The quantitative estimate of drug-likeness (QED) is 0.730. The minimum atomic E-state index is -0.650. The smallest absolute Gasteiger partial charge is 0.125 e. The number of allylic oxidation sites excluding steroid dienone is 5. The third kappa shape index (κ3) is 3.18. The topological polar surface area (TPSA) is 26.0 Å². The van der Waals surface area contributed by atoms with E-state index in [0.29, 0.717) is 10.6 Å². The molecule has 0 spiro atoms. The average Bonchev–Trinajstić information content (AvgIpc) is 1.98. The number of rotatable bonds is 1. The Morgan fingerprint density at radius 1 is 1.53 bits per heavy atom. The third-order valence-electron chi connectivity index (χ3n) is 2.48. The van der Waals surface area contributed by atoms with E-state index in [4.69, 9.17) is 17.3 Å². The summed E-state index contributed by atoms with van der Waals surface area (Å²) >= 11 is 5.81. The Morgan fingerprint density at radius 2 is 2.13 bits per heavy atom. The summed E-state index contributed by atoms with van der Waals surface area (Å²) in [5, 5.41) is 0.404. The Kier molecular flexibility index (Phi) is 3.74. The highest BCUT2D eigenvalue weighted by molar-refractivity contribution is 6.31. The first-order valence-electron chi connectivity index (χ1n) is 5.05. The van der Waals surface area contributed by atoms with Crippen LogP contribution in [-0.4, -0.2) is 5.54 Å². The van der Waals surface area contributed by atoms with Gasteiger partial charge in [-0.2, -0.15) is 0 Å². The van der Waals surface area contributed by atoms with Gasteiger partial charge in [0.2, 0.25) is 0 Å². The zero-order chi connectivity index (χ0) is 11.6. The van der Waals surface area contributed by atoms with Gasteiger partial charge in [0, 0.05) is 10.6 Å². The number of nitrogens with two attached hydrogens (primary N) is 1. The van der Waals surface area contributed by atoms with Crippen LogP contribution in [0.5, 0.6) is 0 Å². The summed E-state index contributed by atoms with van der Waals surface area (Å²) in [6, 6.07) is 0. The molecule has 0 aromatic rings. The van der Waals surface area contributed by atoms with Crippen molar-refractivity contribution in [2.75, 3.05) is 0 Å². The minimum Gasteiger partial charge on any atom is -0.322 e. The molecule has 15 heavy (non-hydrogen) atoms. The molecule has 0 aromatic heterocycles. The number of hydrogen-bond donors (Lipinski definition) is 1. The molecule has 1 atom stereocenters. The lowest BCUT2D eigenvalue weighted by Crippen LogP contribution is -2.37. The van der Waals surface area contributed by atoms with E-state index >= 15 is 0 Å². The second-order valence-electron chi connectivity index (χ2n) is 4.55. The second kappa shape index (κ2) is 4.50. The lowest BCUT2D eigenvalue weighted by atomic mass is 9.82. The monoisotopic (exact) mass is 229 g/mol. The molecule has 0 radical (unpaired) electrons. The molecule has 1 aliphatic rings. The molecule has 0 aliphatic heterocycles. The predicted molar refractivity (Wildman–Crippen MR) is 63.3 cm³/mol. The first kappa shape index (κ1) is 12.5. The molecule has 1 rings (SSSR count). The van der Waals surface area contributed by atoms with Gasteiger partial charge in [-0.3, -0.25) is 0 Å². The van der Waals surface area contributed by atoms with E-state index in [1.54, 1.807) is 6.08 Å². The van der Waals surface area contributed by atoms with Gasteiger partial charge >= 0.3 is 0 Å². The van der Waals surface area contributed by atoms with Crippen LogP contribution in [0.1, 0.15) is 27.2 Å². The Morgan fingerprint density at radius 3 is 2.67 bits per heavy atom. The molecule has 0 fully saturated rings. The normalized spacial score (nSPS) is 29.2. The SMILES string of the molecule is CC1C/C=C/C(Cl)=C\C(F)=C1C(C)(C)N. The maximum absolute atomic E-state index is 13.9. The summed E-state index contributed by atoms with van der Waals surface area (Å²) in [5.41, 5.74) is 5.94. The van der Waals surface area contributed by atoms with Crippen LogP contribution in [0.2, 0.25) is 0 Å². The molecule has 0 aromatic carbocycles. The summed E-state index contributed by atoms with van der Waals surface area (Å²) in [6.07, 6.45) is 5.75. The highest BCUT2D eigenvalue weighted by atomic mass is 35.5. The minimum absolute atomic E-state index is 0.0993. The fraction of sp³-hybridized carbons (Fsp3) is 0.500. The molecule has 84 valence electrons. The molecule has 0 saturated carbocycles. The van der Waals surface area contributed by atoms with Crippen molar-refractivity contribution in [1.82, 2.24) is 0 Å². The average molecular weight is 230 g/mol. The van der Waals surface area contributed by atoms with Crippen molar-refractivity contribution in [1.29, 1.82) is 0 Å². The molecule has 1 unspecified atom stereocenters. The maximum Gasteiger partial charge on any atom is 0.125 e. The molecule has 0 saturated heterocycles. The zero-order valence-corrected chi connectivity index (χ0v) is 10.1. The van der Waals surface area contributed by atoms with E-state index in [2.05, 4.69) is 0 Å². The van der Waals surface area contributed by atoms with Gasteiger partial charge in [-0.15, -0.1) is 0 Å². The van der Waals surface area contributed by atoms with Crippen LogP contribution < -0.4 is 5.73 Å². The van der Waals surface area contributed by atoms with E-state index in [1.165, 1.54) is 6.08 Å². The third-order valence-corrected chi connectivity index (χ3v) is 2.71. The second-order valence-corrected chi connectivity index (χ2v) is 4.99. The molecule has 1 nitrogen and oxygen atoms in total. The van der Waals surface area contributed by atoms with Crippen molar-refractivity contribution in [3.8, 4) is 0 Å². The van der Waals surface area contributed by atoms with Gasteiger partial charge in [-0.1, -0.05) is 24.6 Å². The first-order chi connectivity index (χ1) is 6.82. The lowest BCUT2D eigenvalue weighted by molar-refractivity contribution is 0.479. The van der Waals surface area contributed by atoms with Crippen molar-refractivity contribution in [3.05, 3.63) is 34.7 Å². The standard InChI is InChI=1S/C12H17ClFN/c1-8-5-4-6-9(13)7-10(14)11(8)12(2,3)15/h4,6-8H,5,15H2,1-3H3/b6-4+,9-7+,11-10?. The van der Waals surface area contributed by atoms with Gasteiger partial charge in [0.25, 0.3) is 0 Å². The summed E-state index contributed by atoms with van der Waals surface area (Å²) in [7, 11) is 0. The first-order valence-corrected chi connectivity index (χ1v) is 5.43. The maximum atomic E-state index is 13.9. The Hall–Kier alpha value is -0.600. The van der Waals surface area contributed by atoms with Crippen LogP contribution in [0.3, 0.4) is 0 Å². The summed E-state index contributed by atoms with van der Waals surface area (Å²) in [4.78, 5) is 0. The van der Waals surface area contributed by atoms with Crippen molar-refractivity contribution in [2.24, 2.45) is 11.7 Å². The van der Waals surface area contributed by atoms with E-state index in [9.17, 15) is 4.39 Å². The Balaban J connectivity index is 3.23. The fourth-order valence-electron chi connectivity index (χ4n) is 1.93. The van der Waals surface area contributed by atoms with Crippen LogP contribution >= 0.6 is 11.6 Å². The molecular weight excluding hydrogens is 213 g/mol. The van der Waals surface area contributed by atoms with Crippen LogP contribution in [0.4, 0.5) is 4.39 Å². The summed E-state index contributed by atoms with van der Waals surface area (Å²) < 4.78 is 13.9. The molecule has 0 amide bonds. The van der Waals surface area contributed by atoms with Gasteiger partial charge in [-0.25, -0.2) is 4.39 Å². The lowest BCUT2D eigenvalue weighted by Gasteiger charge is -2.28. The molecule has 3 heteroatoms. The van der Waals surface area contributed by atoms with Crippen molar-refractivity contribution in [3.63, 3.8) is 0 Å². The molecule has 1 aliphatic carbocycles. The highest BCUT2D eigenvalue weighted by Gasteiger charge is 2.26. The van der Waals surface area contributed by atoms with E-state index < -0.39 is 5.54 Å². The van der Waals surface area contributed by atoms with Crippen molar-refractivity contribution >= 4 is 11.6 Å². The van der Waals surface area contributed by atoms with E-state index in [-0.39, 0.29) is 11.7 Å². The predicted octanol–water partition coefficient (Wildman–Crippen LogP) is 3.67. The Bertz CT molecular complexity index is 334. The highest BCUT2D eigenvalue weighted by Crippen LogP contribution is 2.31. The van der Waals surface area contributed by atoms with Gasteiger partial charge < -0.3 is 5.73 Å². The van der Waals surface area contributed by atoms with Crippen LogP contribution in [0.15, 0.2) is 34.7 Å². The largest absolute Gasteiger partial charge is 0.322 e. The number of halogens is 2. The zero-order valence-electron chi connectivity index (χ0n) is 9.35. The van der Waals surface area contributed by atoms with Crippen LogP contribution in [0.25, 0.3) is 0 Å². The van der Waals surface area contributed by atoms with Crippen LogP contribution in [0, 0.1) is 5.92 Å². The van der Waals surface area contributed by atoms with Gasteiger partial charge in [-0.05, 0) is 43.9 Å². The van der Waals surface area contributed by atoms with Crippen LogP contribution in [-0.2, 0) is 0 Å². The summed E-state index contributed by atoms with van der Waals surface area (Å²) in [6.45, 7) is 5.60. The molecular formula is C12H17ClFN. The number of hydrogen-bond acceptors (Lipinski definition) is 1. The fourth-order valence-corrected chi connectivity index (χ4v) is 2.11. The Labute approximate surface area is 95.5 Å². The van der Waals surface area contributed by atoms with E-state index in [0.717, 1.165) is 6.42 Å². The van der Waals surface area contributed by atoms with Crippen molar-refractivity contribution < 1.29 is 4.39 Å².